The van der Waals surface area contributed by atoms with Crippen molar-refractivity contribution in [2.75, 3.05) is 0 Å². The highest BCUT2D eigenvalue weighted by molar-refractivity contribution is 9.10. The van der Waals surface area contributed by atoms with Crippen LogP contribution in [0.25, 0.3) is 0 Å². The number of rotatable bonds is 2. The van der Waals surface area contributed by atoms with Crippen LogP contribution in [0.4, 0.5) is 4.39 Å². The Kier molecular flexibility index (Phi) is 3.47. The molecule has 1 aromatic carbocycles. The summed E-state index contributed by atoms with van der Waals surface area (Å²) < 4.78 is 19.2. The van der Waals surface area contributed by atoms with Gasteiger partial charge in [0.15, 0.2) is 5.76 Å². The van der Waals surface area contributed by atoms with Gasteiger partial charge in [-0.1, -0.05) is 22.0 Å². The molecule has 0 amide bonds. The van der Waals surface area contributed by atoms with Crippen molar-refractivity contribution in [1.29, 1.82) is 0 Å². The van der Waals surface area contributed by atoms with Gasteiger partial charge in [-0.15, -0.1) is 0 Å². The van der Waals surface area contributed by atoms with Crippen molar-refractivity contribution in [1.82, 2.24) is 0 Å². The molecule has 2 nitrogen and oxygen atoms in total. The largest absolute Gasteiger partial charge is 0.465 e. The molecule has 0 radical (unpaired) electrons. The lowest BCUT2D eigenvalue weighted by Gasteiger charge is -2.11. The van der Waals surface area contributed by atoms with E-state index >= 15 is 0 Å². The van der Waals surface area contributed by atoms with Crippen LogP contribution in [-0.2, 0) is 0 Å². The highest BCUT2D eigenvalue weighted by Gasteiger charge is 2.19. The molecule has 1 unspecified atom stereocenters. The standard InChI is InChI=1S/C11H7Br2FO2/c12-8-3-4-16-11(8)10(15)7-2-1-6(14)5-9(7)13/h1-5,10,15H. The van der Waals surface area contributed by atoms with Gasteiger partial charge in [0.1, 0.15) is 11.9 Å². The summed E-state index contributed by atoms with van der Waals surface area (Å²) in [6.45, 7) is 0. The van der Waals surface area contributed by atoms with Crippen molar-refractivity contribution in [3.05, 3.63) is 56.6 Å². The van der Waals surface area contributed by atoms with E-state index in [0.717, 1.165) is 0 Å². The lowest BCUT2D eigenvalue weighted by Crippen LogP contribution is -2.00. The minimum atomic E-state index is -0.931. The Bertz CT molecular complexity index is 510. The third kappa shape index (κ3) is 2.21. The maximum Gasteiger partial charge on any atom is 0.150 e. The summed E-state index contributed by atoms with van der Waals surface area (Å²) in [4.78, 5) is 0. The van der Waals surface area contributed by atoms with Crippen molar-refractivity contribution >= 4 is 31.9 Å². The van der Waals surface area contributed by atoms with Crippen molar-refractivity contribution in [3.8, 4) is 0 Å². The molecule has 0 saturated carbocycles. The molecule has 0 aliphatic carbocycles. The number of furan rings is 1. The number of aliphatic hydroxyl groups is 1. The molecule has 0 saturated heterocycles. The van der Waals surface area contributed by atoms with Gasteiger partial charge < -0.3 is 9.52 Å². The number of halogens is 3. The monoisotopic (exact) mass is 348 g/mol. The van der Waals surface area contributed by atoms with Crippen LogP contribution in [0.1, 0.15) is 17.4 Å². The van der Waals surface area contributed by atoms with Crippen molar-refractivity contribution in [3.63, 3.8) is 0 Å². The molecule has 16 heavy (non-hydrogen) atoms. The molecule has 0 aliphatic rings. The lowest BCUT2D eigenvalue weighted by atomic mass is 10.1. The molecule has 1 heterocycles. The number of hydrogen-bond donors (Lipinski definition) is 1. The van der Waals surface area contributed by atoms with E-state index < -0.39 is 6.10 Å². The van der Waals surface area contributed by atoms with E-state index in [4.69, 9.17) is 4.42 Å². The zero-order chi connectivity index (χ0) is 11.7. The average molecular weight is 350 g/mol. The van der Waals surface area contributed by atoms with E-state index in [1.54, 1.807) is 6.07 Å². The van der Waals surface area contributed by atoms with Gasteiger partial charge in [-0.05, 0) is 34.1 Å². The maximum absolute atomic E-state index is 12.9. The normalized spacial score (nSPS) is 12.8. The van der Waals surface area contributed by atoms with Crippen LogP contribution in [-0.4, -0.2) is 5.11 Å². The summed E-state index contributed by atoms with van der Waals surface area (Å²) in [7, 11) is 0. The van der Waals surface area contributed by atoms with Gasteiger partial charge in [-0.2, -0.15) is 0 Å². The molecule has 0 spiro atoms. The third-order valence-electron chi connectivity index (χ3n) is 2.15. The Labute approximate surface area is 108 Å². The molecule has 0 aliphatic heterocycles. The second-order valence-electron chi connectivity index (χ2n) is 3.20. The maximum atomic E-state index is 12.9. The van der Waals surface area contributed by atoms with Crippen LogP contribution in [0.5, 0.6) is 0 Å². The predicted molar refractivity (Wildman–Crippen MR) is 64.6 cm³/mol. The summed E-state index contributed by atoms with van der Waals surface area (Å²) in [5, 5.41) is 10.1. The van der Waals surface area contributed by atoms with E-state index in [9.17, 15) is 9.50 Å². The first-order valence-corrected chi connectivity index (χ1v) is 6.04. The molecule has 1 aromatic heterocycles. The first kappa shape index (κ1) is 11.8. The van der Waals surface area contributed by atoms with Gasteiger partial charge in [0.2, 0.25) is 0 Å². The molecule has 0 fully saturated rings. The zero-order valence-corrected chi connectivity index (χ0v) is 11.1. The van der Waals surface area contributed by atoms with Crippen LogP contribution < -0.4 is 0 Å². The van der Waals surface area contributed by atoms with Crippen molar-refractivity contribution in [2.45, 2.75) is 6.10 Å². The van der Waals surface area contributed by atoms with Gasteiger partial charge in [-0.25, -0.2) is 4.39 Å². The minimum absolute atomic E-state index is 0.360. The second-order valence-corrected chi connectivity index (χ2v) is 4.91. The molecular formula is C11H7Br2FO2. The molecule has 2 rings (SSSR count). The molecular weight excluding hydrogens is 343 g/mol. The van der Waals surface area contributed by atoms with Gasteiger partial charge in [-0.3, -0.25) is 0 Å². The van der Waals surface area contributed by atoms with Crippen molar-refractivity contribution in [2.24, 2.45) is 0 Å². The second kappa shape index (κ2) is 4.69. The molecule has 2 aromatic rings. The number of aliphatic hydroxyl groups excluding tert-OH is 1. The summed E-state index contributed by atoms with van der Waals surface area (Å²) in [5.41, 5.74) is 0.553. The van der Waals surface area contributed by atoms with Crippen LogP contribution in [0.15, 0.2) is 43.9 Å². The summed E-state index contributed by atoms with van der Waals surface area (Å²) >= 11 is 6.46. The molecule has 0 bridgehead atoms. The fraction of sp³-hybridized carbons (Fsp3) is 0.0909. The molecule has 1 atom stereocenters. The SMILES string of the molecule is OC(c1ccc(F)cc1Br)c1occc1Br. The van der Waals surface area contributed by atoms with E-state index in [-0.39, 0.29) is 5.82 Å². The number of hydrogen-bond acceptors (Lipinski definition) is 2. The third-order valence-corrected chi connectivity index (χ3v) is 3.49. The fourth-order valence-corrected chi connectivity index (χ4v) is 2.35. The predicted octanol–water partition coefficient (Wildman–Crippen LogP) is 4.03. The Morgan fingerprint density at radius 1 is 1.19 bits per heavy atom. The Morgan fingerprint density at radius 3 is 2.50 bits per heavy atom. The van der Waals surface area contributed by atoms with E-state index in [1.807, 2.05) is 0 Å². The molecule has 5 heteroatoms. The van der Waals surface area contributed by atoms with E-state index in [1.165, 1.54) is 24.5 Å². The van der Waals surface area contributed by atoms with Gasteiger partial charge in [0, 0.05) is 10.0 Å². The smallest absolute Gasteiger partial charge is 0.150 e. The topological polar surface area (TPSA) is 33.4 Å². The first-order valence-electron chi connectivity index (χ1n) is 4.45. The summed E-state index contributed by atoms with van der Waals surface area (Å²) in [6.07, 6.45) is 0.541. The van der Waals surface area contributed by atoms with Crippen molar-refractivity contribution < 1.29 is 13.9 Å². The Morgan fingerprint density at radius 2 is 1.94 bits per heavy atom. The number of benzene rings is 1. The van der Waals surface area contributed by atoms with Gasteiger partial charge in [0.05, 0.1) is 10.7 Å². The van der Waals surface area contributed by atoms with Gasteiger partial charge >= 0.3 is 0 Å². The van der Waals surface area contributed by atoms with Gasteiger partial charge in [0.25, 0.3) is 0 Å². The van der Waals surface area contributed by atoms with E-state index in [0.29, 0.717) is 20.3 Å². The lowest BCUT2D eigenvalue weighted by molar-refractivity contribution is 0.187. The van der Waals surface area contributed by atoms with Crippen LogP contribution in [0.2, 0.25) is 0 Å². The van der Waals surface area contributed by atoms with Crippen LogP contribution >= 0.6 is 31.9 Å². The minimum Gasteiger partial charge on any atom is -0.465 e. The fourth-order valence-electron chi connectivity index (χ4n) is 1.37. The molecule has 1 N–H and O–H groups in total. The summed E-state index contributed by atoms with van der Waals surface area (Å²) in [6, 6.07) is 5.80. The quantitative estimate of drug-likeness (QED) is 0.888. The van der Waals surface area contributed by atoms with E-state index in [2.05, 4.69) is 31.9 Å². The molecule has 84 valence electrons. The highest BCUT2D eigenvalue weighted by Crippen LogP contribution is 2.33. The summed E-state index contributed by atoms with van der Waals surface area (Å²) in [5.74, 6) is 0.0358. The van der Waals surface area contributed by atoms with Crippen LogP contribution in [0, 0.1) is 5.82 Å². The Hall–Kier alpha value is -0.650. The van der Waals surface area contributed by atoms with Crippen LogP contribution in [0.3, 0.4) is 0 Å². The Balaban J connectivity index is 2.41. The zero-order valence-electron chi connectivity index (χ0n) is 7.95. The first-order chi connectivity index (χ1) is 7.59. The average Bonchev–Trinajstić information content (AvgIpc) is 2.63. The highest BCUT2D eigenvalue weighted by atomic mass is 79.9.